The standard InChI is InChI=1S/C14H12FNO3S/c1-10-5-6-12(15)8-14(10)20(18,19)16-13-4-2-3-11(7-13)9-17/h2-9,16H,1H3. The van der Waals surface area contributed by atoms with Gasteiger partial charge in [-0.1, -0.05) is 18.2 Å². The van der Waals surface area contributed by atoms with Crippen LogP contribution in [0.4, 0.5) is 10.1 Å². The fraction of sp³-hybridized carbons (Fsp3) is 0.0714. The van der Waals surface area contributed by atoms with E-state index < -0.39 is 15.8 Å². The molecule has 0 aliphatic heterocycles. The Morgan fingerprint density at radius 3 is 2.60 bits per heavy atom. The summed E-state index contributed by atoms with van der Waals surface area (Å²) in [5.41, 5.74) is 1.03. The van der Waals surface area contributed by atoms with Gasteiger partial charge in [0.05, 0.1) is 4.90 Å². The lowest BCUT2D eigenvalue weighted by Gasteiger charge is -2.10. The highest BCUT2D eigenvalue weighted by molar-refractivity contribution is 7.92. The van der Waals surface area contributed by atoms with Gasteiger partial charge in [0.2, 0.25) is 0 Å². The average molecular weight is 293 g/mol. The molecule has 0 aliphatic rings. The summed E-state index contributed by atoms with van der Waals surface area (Å²) in [6.07, 6.45) is 0.616. The fourth-order valence-electron chi connectivity index (χ4n) is 1.75. The van der Waals surface area contributed by atoms with E-state index in [1.165, 1.54) is 24.3 Å². The van der Waals surface area contributed by atoms with Crippen LogP contribution in [0.1, 0.15) is 15.9 Å². The van der Waals surface area contributed by atoms with Gasteiger partial charge in [0.15, 0.2) is 0 Å². The Kier molecular flexibility index (Phi) is 3.85. The van der Waals surface area contributed by atoms with E-state index in [0.29, 0.717) is 17.4 Å². The van der Waals surface area contributed by atoms with E-state index in [1.807, 2.05) is 0 Å². The SMILES string of the molecule is Cc1ccc(F)cc1S(=O)(=O)Nc1cccc(C=O)c1. The Bertz CT molecular complexity index is 757. The number of halogens is 1. The Morgan fingerprint density at radius 2 is 1.90 bits per heavy atom. The molecule has 0 unspecified atom stereocenters. The minimum absolute atomic E-state index is 0.131. The van der Waals surface area contributed by atoms with E-state index in [4.69, 9.17) is 0 Å². The van der Waals surface area contributed by atoms with Crippen molar-refractivity contribution in [3.63, 3.8) is 0 Å². The molecule has 0 bridgehead atoms. The molecule has 0 spiro atoms. The van der Waals surface area contributed by atoms with Crippen molar-refractivity contribution in [1.82, 2.24) is 0 Å². The van der Waals surface area contributed by atoms with Crippen molar-refractivity contribution < 1.29 is 17.6 Å². The molecule has 6 heteroatoms. The molecule has 4 nitrogen and oxygen atoms in total. The third-order valence-electron chi connectivity index (χ3n) is 2.71. The van der Waals surface area contributed by atoms with Crippen LogP contribution in [0, 0.1) is 12.7 Å². The number of carbonyl (C=O) groups excluding carboxylic acids is 1. The van der Waals surface area contributed by atoms with Crippen LogP contribution in [-0.4, -0.2) is 14.7 Å². The molecule has 0 amide bonds. The van der Waals surface area contributed by atoms with E-state index in [-0.39, 0.29) is 10.6 Å². The minimum Gasteiger partial charge on any atom is -0.298 e. The number of anilines is 1. The zero-order chi connectivity index (χ0) is 14.8. The molecule has 104 valence electrons. The van der Waals surface area contributed by atoms with Gasteiger partial charge in [-0.15, -0.1) is 0 Å². The van der Waals surface area contributed by atoms with E-state index in [2.05, 4.69) is 4.72 Å². The van der Waals surface area contributed by atoms with Gasteiger partial charge in [0.25, 0.3) is 10.0 Å². The Labute approximate surface area is 116 Å². The fourth-order valence-corrected chi connectivity index (χ4v) is 3.06. The summed E-state index contributed by atoms with van der Waals surface area (Å²) in [4.78, 5) is 10.5. The maximum Gasteiger partial charge on any atom is 0.262 e. The monoisotopic (exact) mass is 293 g/mol. The quantitative estimate of drug-likeness (QED) is 0.882. The molecule has 0 atom stereocenters. The molecular weight excluding hydrogens is 281 g/mol. The summed E-state index contributed by atoms with van der Waals surface area (Å²) in [6, 6.07) is 9.57. The molecular formula is C14H12FNO3S. The number of nitrogens with one attached hydrogen (secondary N) is 1. The van der Waals surface area contributed by atoms with E-state index >= 15 is 0 Å². The molecule has 0 radical (unpaired) electrons. The van der Waals surface area contributed by atoms with Crippen molar-refractivity contribution in [3.8, 4) is 0 Å². The molecule has 0 heterocycles. The van der Waals surface area contributed by atoms with E-state index in [0.717, 1.165) is 6.07 Å². The topological polar surface area (TPSA) is 63.2 Å². The zero-order valence-electron chi connectivity index (χ0n) is 10.6. The summed E-state index contributed by atoms with van der Waals surface area (Å²) in [7, 11) is -3.90. The first kappa shape index (κ1) is 14.2. The number of hydrogen-bond donors (Lipinski definition) is 1. The summed E-state index contributed by atoms with van der Waals surface area (Å²) in [5.74, 6) is -0.627. The van der Waals surface area contributed by atoms with Crippen LogP contribution < -0.4 is 4.72 Å². The molecule has 0 aromatic heterocycles. The van der Waals surface area contributed by atoms with E-state index in [1.54, 1.807) is 19.1 Å². The smallest absolute Gasteiger partial charge is 0.262 e. The number of hydrogen-bond acceptors (Lipinski definition) is 3. The number of carbonyl (C=O) groups is 1. The molecule has 2 aromatic rings. The molecule has 20 heavy (non-hydrogen) atoms. The summed E-state index contributed by atoms with van der Waals surface area (Å²) in [6.45, 7) is 1.58. The summed E-state index contributed by atoms with van der Waals surface area (Å²) >= 11 is 0. The van der Waals surface area contributed by atoms with Gasteiger partial charge in [0.1, 0.15) is 12.1 Å². The molecule has 2 aromatic carbocycles. The minimum atomic E-state index is -3.90. The second-order valence-electron chi connectivity index (χ2n) is 4.26. The van der Waals surface area contributed by atoms with Gasteiger partial charge in [-0.05, 0) is 36.8 Å². The van der Waals surface area contributed by atoms with Crippen LogP contribution in [0.15, 0.2) is 47.4 Å². The van der Waals surface area contributed by atoms with Crippen LogP contribution in [0.2, 0.25) is 0 Å². The van der Waals surface area contributed by atoms with Gasteiger partial charge in [-0.3, -0.25) is 9.52 Å². The van der Waals surface area contributed by atoms with E-state index in [9.17, 15) is 17.6 Å². The predicted octanol–water partition coefficient (Wildman–Crippen LogP) is 2.75. The third-order valence-corrected chi connectivity index (χ3v) is 4.24. The van der Waals surface area contributed by atoms with Crippen molar-refractivity contribution in [3.05, 3.63) is 59.4 Å². The molecule has 1 N–H and O–H groups in total. The molecule has 0 saturated heterocycles. The first-order valence-electron chi connectivity index (χ1n) is 5.76. The lowest BCUT2D eigenvalue weighted by atomic mass is 10.2. The van der Waals surface area contributed by atoms with Crippen molar-refractivity contribution >= 4 is 22.0 Å². The maximum atomic E-state index is 13.2. The number of rotatable bonds is 4. The van der Waals surface area contributed by atoms with Crippen LogP contribution in [-0.2, 0) is 10.0 Å². The van der Waals surface area contributed by atoms with Crippen molar-refractivity contribution in [2.75, 3.05) is 4.72 Å². The van der Waals surface area contributed by atoms with Crippen molar-refractivity contribution in [2.24, 2.45) is 0 Å². The summed E-state index contributed by atoms with van der Waals surface area (Å²) in [5, 5.41) is 0. The number of benzene rings is 2. The van der Waals surface area contributed by atoms with Crippen LogP contribution in [0.3, 0.4) is 0 Å². The second-order valence-corrected chi connectivity index (χ2v) is 5.91. The highest BCUT2D eigenvalue weighted by Gasteiger charge is 2.17. The first-order chi connectivity index (χ1) is 9.42. The van der Waals surface area contributed by atoms with Gasteiger partial charge in [-0.2, -0.15) is 0 Å². The maximum absolute atomic E-state index is 13.2. The second kappa shape index (κ2) is 5.42. The van der Waals surface area contributed by atoms with Crippen molar-refractivity contribution in [2.45, 2.75) is 11.8 Å². The lowest BCUT2D eigenvalue weighted by Crippen LogP contribution is -2.14. The van der Waals surface area contributed by atoms with Crippen LogP contribution >= 0.6 is 0 Å². The lowest BCUT2D eigenvalue weighted by molar-refractivity contribution is 0.112. The van der Waals surface area contributed by atoms with Gasteiger partial charge in [-0.25, -0.2) is 12.8 Å². The number of aldehydes is 1. The Morgan fingerprint density at radius 1 is 1.15 bits per heavy atom. The number of aryl methyl sites for hydroxylation is 1. The largest absolute Gasteiger partial charge is 0.298 e. The number of sulfonamides is 1. The highest BCUT2D eigenvalue weighted by Crippen LogP contribution is 2.20. The van der Waals surface area contributed by atoms with Crippen molar-refractivity contribution in [1.29, 1.82) is 0 Å². The average Bonchev–Trinajstić information content (AvgIpc) is 2.41. The van der Waals surface area contributed by atoms with Gasteiger partial charge >= 0.3 is 0 Å². The van der Waals surface area contributed by atoms with Crippen LogP contribution in [0.5, 0.6) is 0 Å². The molecule has 2 rings (SSSR count). The first-order valence-corrected chi connectivity index (χ1v) is 7.25. The Balaban J connectivity index is 2.40. The predicted molar refractivity (Wildman–Crippen MR) is 73.8 cm³/mol. The molecule has 0 aliphatic carbocycles. The molecule has 0 fully saturated rings. The molecule has 0 saturated carbocycles. The van der Waals surface area contributed by atoms with Gasteiger partial charge in [0, 0.05) is 11.3 Å². The third kappa shape index (κ3) is 3.03. The zero-order valence-corrected chi connectivity index (χ0v) is 11.4. The Hall–Kier alpha value is -2.21. The summed E-state index contributed by atoms with van der Waals surface area (Å²) < 4.78 is 39.9. The van der Waals surface area contributed by atoms with Crippen LogP contribution in [0.25, 0.3) is 0 Å². The van der Waals surface area contributed by atoms with Gasteiger partial charge < -0.3 is 0 Å². The highest BCUT2D eigenvalue weighted by atomic mass is 32.2. The normalized spacial score (nSPS) is 11.1.